The first kappa shape index (κ1) is 15.4. The van der Waals surface area contributed by atoms with Gasteiger partial charge in [0, 0.05) is 17.1 Å². The maximum Gasteiger partial charge on any atom is 0.336 e. The number of likely N-dealkylation sites (tertiary alicyclic amines) is 1. The van der Waals surface area contributed by atoms with Crippen molar-refractivity contribution in [2.75, 3.05) is 20.1 Å². The lowest BCUT2D eigenvalue weighted by atomic mass is 10.2. The molecule has 1 aliphatic rings. The molecule has 1 heterocycles. The summed E-state index contributed by atoms with van der Waals surface area (Å²) < 4.78 is 27.4. The number of carboxylic acids is 1. The van der Waals surface area contributed by atoms with E-state index < -0.39 is 16.0 Å². The molecular formula is C12H15BrN2O4S. The van der Waals surface area contributed by atoms with Gasteiger partial charge < -0.3 is 10.0 Å². The number of hydrogen-bond acceptors (Lipinski definition) is 4. The van der Waals surface area contributed by atoms with E-state index in [9.17, 15) is 13.2 Å². The molecular weight excluding hydrogens is 348 g/mol. The molecule has 20 heavy (non-hydrogen) atoms. The molecule has 1 aliphatic heterocycles. The van der Waals surface area contributed by atoms with Gasteiger partial charge in [-0.3, -0.25) is 0 Å². The highest BCUT2D eigenvalue weighted by atomic mass is 79.9. The highest BCUT2D eigenvalue weighted by Crippen LogP contribution is 2.21. The molecule has 2 rings (SSSR count). The van der Waals surface area contributed by atoms with Gasteiger partial charge in [-0.2, -0.15) is 0 Å². The number of carboxylic acid groups (broad SMARTS) is 1. The normalized spacial score (nSPS) is 20.2. The van der Waals surface area contributed by atoms with E-state index in [2.05, 4.69) is 20.7 Å². The van der Waals surface area contributed by atoms with Crippen LogP contribution in [0, 0.1) is 0 Å². The minimum absolute atomic E-state index is 0.0346. The number of benzene rings is 1. The van der Waals surface area contributed by atoms with Crippen molar-refractivity contribution in [2.24, 2.45) is 0 Å². The smallest absolute Gasteiger partial charge is 0.336 e. The summed E-state index contributed by atoms with van der Waals surface area (Å²) in [5.41, 5.74) is -0.0728. The van der Waals surface area contributed by atoms with Crippen LogP contribution >= 0.6 is 15.9 Å². The average molecular weight is 363 g/mol. The third kappa shape index (κ3) is 3.38. The molecule has 1 unspecified atom stereocenters. The Kier molecular flexibility index (Phi) is 4.48. The Morgan fingerprint density at radius 3 is 2.75 bits per heavy atom. The molecule has 0 amide bonds. The topological polar surface area (TPSA) is 86.7 Å². The van der Waals surface area contributed by atoms with Gasteiger partial charge in [-0.15, -0.1) is 0 Å². The molecule has 1 aromatic carbocycles. The van der Waals surface area contributed by atoms with Crippen LogP contribution in [-0.2, 0) is 10.0 Å². The number of carbonyl (C=O) groups is 1. The van der Waals surface area contributed by atoms with Gasteiger partial charge >= 0.3 is 5.97 Å². The summed E-state index contributed by atoms with van der Waals surface area (Å²) in [7, 11) is -1.77. The maximum atomic E-state index is 12.2. The lowest BCUT2D eigenvalue weighted by Gasteiger charge is -2.14. The van der Waals surface area contributed by atoms with Crippen LogP contribution < -0.4 is 4.72 Å². The van der Waals surface area contributed by atoms with Gasteiger partial charge in [0.1, 0.15) is 0 Å². The van der Waals surface area contributed by atoms with Crippen molar-refractivity contribution < 1.29 is 18.3 Å². The Labute approximate surface area is 126 Å². The standard InChI is InChI=1S/C12H15BrN2O4S/c1-15-5-4-8(7-15)14-20(18,19)9-2-3-11(13)10(6-9)12(16)17/h2-3,6,8,14H,4-5,7H2,1H3,(H,16,17). The predicted molar refractivity (Wildman–Crippen MR) is 77.3 cm³/mol. The molecule has 0 spiro atoms. The van der Waals surface area contributed by atoms with E-state index in [1.165, 1.54) is 12.1 Å². The second-order valence-corrected chi connectivity index (χ2v) is 7.38. The van der Waals surface area contributed by atoms with E-state index in [4.69, 9.17) is 5.11 Å². The molecule has 0 bridgehead atoms. The van der Waals surface area contributed by atoms with E-state index in [-0.39, 0.29) is 16.5 Å². The van der Waals surface area contributed by atoms with Gasteiger partial charge in [-0.25, -0.2) is 17.9 Å². The second kappa shape index (κ2) is 5.80. The molecule has 0 radical (unpaired) electrons. The fourth-order valence-electron chi connectivity index (χ4n) is 2.15. The van der Waals surface area contributed by atoms with Crippen LogP contribution in [-0.4, -0.2) is 50.6 Å². The third-order valence-electron chi connectivity index (χ3n) is 3.19. The lowest BCUT2D eigenvalue weighted by Crippen LogP contribution is -2.36. The van der Waals surface area contributed by atoms with Crippen LogP contribution in [0.3, 0.4) is 0 Å². The molecule has 1 atom stereocenters. The van der Waals surface area contributed by atoms with E-state index in [1.807, 2.05) is 11.9 Å². The number of sulfonamides is 1. The molecule has 0 saturated carbocycles. The first-order valence-corrected chi connectivity index (χ1v) is 8.31. The quantitative estimate of drug-likeness (QED) is 0.838. The predicted octanol–water partition coefficient (Wildman–Crippen LogP) is 1.13. The zero-order valence-corrected chi connectivity index (χ0v) is 13.2. The number of aromatic carboxylic acids is 1. The maximum absolute atomic E-state index is 12.2. The van der Waals surface area contributed by atoms with Gasteiger partial charge in [0.15, 0.2) is 0 Å². The first-order valence-electron chi connectivity index (χ1n) is 6.03. The number of halogens is 1. The monoisotopic (exact) mass is 362 g/mol. The molecule has 1 saturated heterocycles. The molecule has 1 aromatic rings. The minimum Gasteiger partial charge on any atom is -0.478 e. The van der Waals surface area contributed by atoms with Crippen LogP contribution in [0.4, 0.5) is 0 Å². The van der Waals surface area contributed by atoms with Crippen molar-refractivity contribution >= 4 is 31.9 Å². The van der Waals surface area contributed by atoms with Crippen LogP contribution in [0.15, 0.2) is 27.6 Å². The molecule has 0 aliphatic carbocycles. The summed E-state index contributed by atoms with van der Waals surface area (Å²) in [5.74, 6) is -1.17. The van der Waals surface area contributed by atoms with Crippen LogP contribution in [0.2, 0.25) is 0 Å². The van der Waals surface area contributed by atoms with Gasteiger partial charge in [0.25, 0.3) is 0 Å². The summed E-state index contributed by atoms with van der Waals surface area (Å²) >= 11 is 3.09. The summed E-state index contributed by atoms with van der Waals surface area (Å²) in [6, 6.07) is 3.84. The first-order chi connectivity index (χ1) is 9.29. The number of nitrogens with zero attached hydrogens (tertiary/aromatic N) is 1. The summed E-state index contributed by atoms with van der Waals surface area (Å²) in [6.07, 6.45) is 0.748. The highest BCUT2D eigenvalue weighted by Gasteiger charge is 2.26. The van der Waals surface area contributed by atoms with Crippen molar-refractivity contribution in [3.05, 3.63) is 28.2 Å². The van der Waals surface area contributed by atoms with Crippen molar-refractivity contribution in [2.45, 2.75) is 17.4 Å². The largest absolute Gasteiger partial charge is 0.478 e. The highest BCUT2D eigenvalue weighted by molar-refractivity contribution is 9.10. The Balaban J connectivity index is 2.25. The number of rotatable bonds is 4. The molecule has 1 fully saturated rings. The van der Waals surface area contributed by atoms with E-state index >= 15 is 0 Å². The van der Waals surface area contributed by atoms with Crippen molar-refractivity contribution in [1.82, 2.24) is 9.62 Å². The molecule has 0 aromatic heterocycles. The molecule has 110 valence electrons. The minimum atomic E-state index is -3.70. The van der Waals surface area contributed by atoms with E-state index in [0.29, 0.717) is 11.0 Å². The summed E-state index contributed by atoms with van der Waals surface area (Å²) in [6.45, 7) is 1.50. The zero-order valence-electron chi connectivity index (χ0n) is 10.8. The van der Waals surface area contributed by atoms with E-state index in [1.54, 1.807) is 0 Å². The fraction of sp³-hybridized carbons (Fsp3) is 0.417. The molecule has 6 nitrogen and oxygen atoms in total. The number of hydrogen-bond donors (Lipinski definition) is 2. The number of likely N-dealkylation sites (N-methyl/N-ethyl adjacent to an activating group) is 1. The van der Waals surface area contributed by atoms with Crippen LogP contribution in [0.1, 0.15) is 16.8 Å². The SMILES string of the molecule is CN1CCC(NS(=O)(=O)c2ccc(Br)c(C(=O)O)c2)C1. The number of nitrogens with one attached hydrogen (secondary N) is 1. The average Bonchev–Trinajstić information content (AvgIpc) is 2.73. The lowest BCUT2D eigenvalue weighted by molar-refractivity contribution is 0.0695. The third-order valence-corrected chi connectivity index (χ3v) is 5.40. The molecule has 8 heteroatoms. The second-order valence-electron chi connectivity index (χ2n) is 4.82. The Morgan fingerprint density at radius 1 is 1.50 bits per heavy atom. The van der Waals surface area contributed by atoms with Gasteiger partial charge in [-0.05, 0) is 54.1 Å². The van der Waals surface area contributed by atoms with Gasteiger partial charge in [0.05, 0.1) is 10.5 Å². The van der Waals surface area contributed by atoms with Crippen molar-refractivity contribution in [1.29, 1.82) is 0 Å². The van der Waals surface area contributed by atoms with Gasteiger partial charge in [-0.1, -0.05) is 0 Å². The zero-order chi connectivity index (χ0) is 14.9. The Morgan fingerprint density at radius 2 is 2.20 bits per heavy atom. The van der Waals surface area contributed by atoms with Crippen LogP contribution in [0.5, 0.6) is 0 Å². The Bertz CT molecular complexity index is 632. The molecule has 2 N–H and O–H groups in total. The fourth-order valence-corrected chi connectivity index (χ4v) is 3.86. The summed E-state index contributed by atoms with van der Waals surface area (Å²) in [4.78, 5) is 13.0. The van der Waals surface area contributed by atoms with Gasteiger partial charge in [0.2, 0.25) is 10.0 Å². The van der Waals surface area contributed by atoms with Crippen molar-refractivity contribution in [3.63, 3.8) is 0 Å². The van der Waals surface area contributed by atoms with Crippen LogP contribution in [0.25, 0.3) is 0 Å². The van der Waals surface area contributed by atoms with Crippen molar-refractivity contribution in [3.8, 4) is 0 Å². The summed E-state index contributed by atoms with van der Waals surface area (Å²) in [5, 5.41) is 9.02. The van der Waals surface area contributed by atoms with E-state index in [0.717, 1.165) is 19.0 Å². The Hall–Kier alpha value is -0.960.